The molecule has 0 unspecified atom stereocenters. The van der Waals surface area contributed by atoms with Gasteiger partial charge in [0.25, 0.3) is 5.91 Å². The molecule has 1 saturated heterocycles. The molecule has 0 radical (unpaired) electrons. The number of pyridine rings is 1. The molecule has 1 aromatic heterocycles. The second kappa shape index (κ2) is 5.01. The lowest BCUT2D eigenvalue weighted by atomic mass is 10.2. The van der Waals surface area contributed by atoms with Crippen molar-refractivity contribution >= 4 is 29.3 Å². The predicted octanol–water partition coefficient (Wildman–Crippen LogP) is 1.97. The highest BCUT2D eigenvalue weighted by Gasteiger charge is 2.19. The standard InChI is InChI=1S/C10H10ClFN2OS/c11-8-1-7(3-13-9(8)12)10(15)14-2-6-4-16-5-6/h1,3,6H,2,4-5H2,(H,14,15). The molecule has 0 aliphatic carbocycles. The second-order valence-electron chi connectivity index (χ2n) is 3.61. The van der Waals surface area contributed by atoms with Gasteiger partial charge in [0, 0.05) is 12.7 Å². The highest BCUT2D eigenvalue weighted by Crippen LogP contribution is 2.23. The van der Waals surface area contributed by atoms with E-state index in [9.17, 15) is 9.18 Å². The summed E-state index contributed by atoms with van der Waals surface area (Å²) in [6.45, 7) is 0.654. The summed E-state index contributed by atoms with van der Waals surface area (Å²) >= 11 is 7.40. The average Bonchev–Trinajstić information content (AvgIpc) is 2.19. The normalized spacial score (nSPS) is 15.6. The van der Waals surface area contributed by atoms with E-state index in [2.05, 4.69) is 10.3 Å². The van der Waals surface area contributed by atoms with Crippen LogP contribution in [0.3, 0.4) is 0 Å². The van der Waals surface area contributed by atoms with E-state index in [-0.39, 0.29) is 10.9 Å². The van der Waals surface area contributed by atoms with Crippen LogP contribution in [-0.4, -0.2) is 28.9 Å². The fourth-order valence-corrected chi connectivity index (χ4v) is 2.26. The van der Waals surface area contributed by atoms with E-state index in [1.165, 1.54) is 12.3 Å². The van der Waals surface area contributed by atoms with E-state index >= 15 is 0 Å². The average molecular weight is 261 g/mol. The summed E-state index contributed by atoms with van der Waals surface area (Å²) in [5, 5.41) is 2.64. The maximum absolute atomic E-state index is 12.8. The maximum Gasteiger partial charge on any atom is 0.252 e. The van der Waals surface area contributed by atoms with Crippen molar-refractivity contribution in [3.05, 3.63) is 28.8 Å². The number of halogens is 2. The van der Waals surface area contributed by atoms with Gasteiger partial charge in [0.1, 0.15) is 0 Å². The number of amides is 1. The first kappa shape index (κ1) is 11.7. The maximum atomic E-state index is 12.8. The summed E-state index contributed by atoms with van der Waals surface area (Å²) in [4.78, 5) is 15.0. The Bertz CT molecular complexity index is 412. The largest absolute Gasteiger partial charge is 0.352 e. The van der Waals surface area contributed by atoms with E-state index in [0.29, 0.717) is 18.0 Å². The molecular formula is C10H10ClFN2OS. The summed E-state index contributed by atoms with van der Waals surface area (Å²) in [5.41, 5.74) is 0.290. The monoisotopic (exact) mass is 260 g/mol. The summed E-state index contributed by atoms with van der Waals surface area (Å²) in [5.74, 6) is 1.71. The molecule has 3 nitrogen and oxygen atoms in total. The Morgan fingerprint density at radius 2 is 2.44 bits per heavy atom. The van der Waals surface area contributed by atoms with Crippen LogP contribution < -0.4 is 5.32 Å². The van der Waals surface area contributed by atoms with Crippen molar-refractivity contribution in [2.75, 3.05) is 18.1 Å². The SMILES string of the molecule is O=C(NCC1CSC1)c1cnc(F)c(Cl)c1. The zero-order chi connectivity index (χ0) is 11.5. The third-order valence-corrected chi connectivity index (χ3v) is 4.00. The summed E-state index contributed by atoms with van der Waals surface area (Å²) in [6.07, 6.45) is 1.19. The minimum Gasteiger partial charge on any atom is -0.352 e. The van der Waals surface area contributed by atoms with E-state index in [1.54, 1.807) is 0 Å². The second-order valence-corrected chi connectivity index (χ2v) is 5.09. The lowest BCUT2D eigenvalue weighted by Gasteiger charge is -2.24. The summed E-state index contributed by atoms with van der Waals surface area (Å²) in [7, 11) is 0. The molecule has 0 saturated carbocycles. The van der Waals surface area contributed by atoms with Crippen molar-refractivity contribution < 1.29 is 9.18 Å². The van der Waals surface area contributed by atoms with Gasteiger partial charge >= 0.3 is 0 Å². The van der Waals surface area contributed by atoms with Crippen molar-refractivity contribution in [3.63, 3.8) is 0 Å². The molecule has 0 spiro atoms. The lowest BCUT2D eigenvalue weighted by molar-refractivity contribution is 0.0948. The quantitative estimate of drug-likeness (QED) is 0.845. The number of carbonyl (C=O) groups is 1. The minimum absolute atomic E-state index is 0.133. The smallest absolute Gasteiger partial charge is 0.252 e. The van der Waals surface area contributed by atoms with Crippen LogP contribution in [0.25, 0.3) is 0 Å². The van der Waals surface area contributed by atoms with Gasteiger partial charge in [-0.25, -0.2) is 4.98 Å². The third-order valence-electron chi connectivity index (χ3n) is 2.32. The first-order valence-corrected chi connectivity index (χ1v) is 6.37. The highest BCUT2D eigenvalue weighted by molar-refractivity contribution is 8.00. The van der Waals surface area contributed by atoms with Gasteiger partial charge in [-0.3, -0.25) is 4.79 Å². The Balaban J connectivity index is 1.94. The van der Waals surface area contributed by atoms with Crippen molar-refractivity contribution in [2.45, 2.75) is 0 Å². The van der Waals surface area contributed by atoms with Gasteiger partial charge in [-0.15, -0.1) is 0 Å². The molecular weight excluding hydrogens is 251 g/mol. The van der Waals surface area contributed by atoms with Gasteiger partial charge in [0.15, 0.2) is 0 Å². The Labute approximate surface area is 102 Å². The number of hydrogen-bond acceptors (Lipinski definition) is 3. The van der Waals surface area contributed by atoms with Crippen LogP contribution in [0.15, 0.2) is 12.3 Å². The molecule has 16 heavy (non-hydrogen) atoms. The number of thioether (sulfide) groups is 1. The van der Waals surface area contributed by atoms with Gasteiger partial charge in [-0.05, 0) is 23.5 Å². The summed E-state index contributed by atoms with van der Waals surface area (Å²) in [6, 6.07) is 1.29. The molecule has 0 bridgehead atoms. The van der Waals surface area contributed by atoms with E-state index in [1.807, 2.05) is 11.8 Å². The Hall–Kier alpha value is -0.810. The molecule has 6 heteroatoms. The number of hydrogen-bond donors (Lipinski definition) is 1. The number of nitrogens with one attached hydrogen (secondary N) is 1. The van der Waals surface area contributed by atoms with Crippen molar-refractivity contribution in [3.8, 4) is 0 Å². The molecule has 1 aromatic rings. The van der Waals surface area contributed by atoms with Gasteiger partial charge < -0.3 is 5.32 Å². The van der Waals surface area contributed by atoms with Crippen molar-refractivity contribution in [1.82, 2.24) is 10.3 Å². The molecule has 0 aromatic carbocycles. The highest BCUT2D eigenvalue weighted by atomic mass is 35.5. The third kappa shape index (κ3) is 2.65. The molecule has 86 valence electrons. The van der Waals surface area contributed by atoms with Crippen LogP contribution in [0.2, 0.25) is 5.02 Å². The van der Waals surface area contributed by atoms with Crippen LogP contribution >= 0.6 is 23.4 Å². The van der Waals surface area contributed by atoms with Crippen molar-refractivity contribution in [1.29, 1.82) is 0 Å². The lowest BCUT2D eigenvalue weighted by Crippen LogP contribution is -2.35. The first-order valence-electron chi connectivity index (χ1n) is 4.84. The molecule has 2 rings (SSSR count). The number of aromatic nitrogens is 1. The van der Waals surface area contributed by atoms with Gasteiger partial charge in [0.05, 0.1) is 10.6 Å². The predicted molar refractivity (Wildman–Crippen MR) is 62.4 cm³/mol. The van der Waals surface area contributed by atoms with Gasteiger partial charge in [0.2, 0.25) is 5.95 Å². The summed E-state index contributed by atoms with van der Waals surface area (Å²) < 4.78 is 12.8. The number of nitrogens with zero attached hydrogens (tertiary/aromatic N) is 1. The molecule has 2 heterocycles. The van der Waals surface area contributed by atoms with Crippen LogP contribution in [-0.2, 0) is 0 Å². The van der Waals surface area contributed by atoms with Crippen LogP contribution in [0, 0.1) is 11.9 Å². The Kier molecular flexibility index (Phi) is 3.66. The fraction of sp³-hybridized carbons (Fsp3) is 0.400. The number of carbonyl (C=O) groups excluding carboxylic acids is 1. The first-order chi connectivity index (χ1) is 7.66. The molecule has 1 fully saturated rings. The number of rotatable bonds is 3. The van der Waals surface area contributed by atoms with Crippen LogP contribution in [0.5, 0.6) is 0 Å². The van der Waals surface area contributed by atoms with E-state index < -0.39 is 5.95 Å². The van der Waals surface area contributed by atoms with E-state index in [4.69, 9.17) is 11.6 Å². The van der Waals surface area contributed by atoms with Crippen molar-refractivity contribution in [2.24, 2.45) is 5.92 Å². The topological polar surface area (TPSA) is 42.0 Å². The molecule has 1 amide bonds. The molecule has 1 N–H and O–H groups in total. The Morgan fingerprint density at radius 1 is 1.69 bits per heavy atom. The van der Waals surface area contributed by atoms with Crippen LogP contribution in [0.1, 0.15) is 10.4 Å². The molecule has 0 atom stereocenters. The van der Waals surface area contributed by atoms with E-state index in [0.717, 1.165) is 11.5 Å². The Morgan fingerprint density at radius 3 is 3.00 bits per heavy atom. The fourth-order valence-electron chi connectivity index (χ4n) is 1.29. The zero-order valence-electron chi connectivity index (χ0n) is 8.37. The molecule has 1 aliphatic heterocycles. The van der Waals surface area contributed by atoms with Crippen LogP contribution in [0.4, 0.5) is 4.39 Å². The minimum atomic E-state index is -0.756. The zero-order valence-corrected chi connectivity index (χ0v) is 9.95. The molecule has 1 aliphatic rings. The van der Waals surface area contributed by atoms with Gasteiger partial charge in [-0.1, -0.05) is 11.6 Å². The van der Waals surface area contributed by atoms with Gasteiger partial charge in [-0.2, -0.15) is 16.2 Å².